The molecule has 0 unspecified atom stereocenters. The molecule has 2 fully saturated rings. The topological polar surface area (TPSA) is 46.0 Å². The summed E-state index contributed by atoms with van der Waals surface area (Å²) in [5.74, 6) is 0.201. The van der Waals surface area contributed by atoms with E-state index in [0.717, 1.165) is 64.2 Å². The summed E-state index contributed by atoms with van der Waals surface area (Å²) in [7, 11) is 1.92. The van der Waals surface area contributed by atoms with Crippen molar-refractivity contribution in [3.63, 3.8) is 0 Å². The monoisotopic (exact) mass is 410 g/mol. The maximum Gasteiger partial charge on any atom is 0.169 e. The lowest BCUT2D eigenvalue weighted by Gasteiger charge is -2.45. The maximum absolute atomic E-state index is 13.1. The van der Waals surface area contributed by atoms with E-state index in [1.807, 2.05) is 36.2 Å². The van der Waals surface area contributed by atoms with Gasteiger partial charge in [0.05, 0.1) is 26.3 Å². The van der Waals surface area contributed by atoms with Gasteiger partial charge in [-0.1, -0.05) is 29.8 Å². The third-order valence-corrected chi connectivity index (χ3v) is 6.55. The minimum absolute atomic E-state index is 0.201. The van der Waals surface area contributed by atoms with Gasteiger partial charge in [-0.15, -0.1) is 0 Å². The summed E-state index contributed by atoms with van der Waals surface area (Å²) in [6.07, 6.45) is 3.22. The summed E-state index contributed by atoms with van der Waals surface area (Å²) in [5.41, 5.74) is 0.0915. The van der Waals surface area contributed by atoms with Crippen LogP contribution in [0, 0.1) is 0 Å². The molecule has 1 aromatic carbocycles. The molecule has 1 aliphatic carbocycles. The Labute approximate surface area is 172 Å². The number of hydrogen-bond donors (Lipinski definition) is 2. The van der Waals surface area contributed by atoms with E-state index in [-0.39, 0.29) is 5.78 Å². The Morgan fingerprint density at radius 2 is 2.07 bits per heavy atom. The summed E-state index contributed by atoms with van der Waals surface area (Å²) in [6.45, 7) is 5.49. The zero-order valence-electron chi connectivity index (χ0n) is 15.9. The number of hydrogen-bond acceptors (Lipinski definition) is 3. The summed E-state index contributed by atoms with van der Waals surface area (Å²) in [5, 5.41) is 4.60. The van der Waals surface area contributed by atoms with Crippen LogP contribution in [0.3, 0.4) is 0 Å². The molecule has 1 atom stereocenters. The number of thiocarbonyl (C=S) groups is 1. The highest BCUT2D eigenvalue weighted by Gasteiger charge is 2.47. The van der Waals surface area contributed by atoms with E-state index in [4.69, 9.17) is 28.6 Å². The first-order chi connectivity index (χ1) is 13.1. The molecule has 5 nitrogen and oxygen atoms in total. The van der Waals surface area contributed by atoms with Crippen LogP contribution in [-0.4, -0.2) is 62.2 Å². The Bertz CT molecular complexity index is 681. The minimum atomic E-state index is -0.771. The van der Waals surface area contributed by atoms with Crippen molar-refractivity contribution in [1.82, 2.24) is 10.2 Å². The molecule has 3 rings (SSSR count). The van der Waals surface area contributed by atoms with Crippen molar-refractivity contribution in [3.05, 3.63) is 34.9 Å². The van der Waals surface area contributed by atoms with Gasteiger partial charge in [-0.3, -0.25) is 4.79 Å². The molecule has 0 radical (unpaired) electrons. The van der Waals surface area contributed by atoms with E-state index < -0.39 is 5.54 Å². The molecule has 148 valence electrons. The van der Waals surface area contributed by atoms with Crippen LogP contribution in [0.15, 0.2) is 24.3 Å². The van der Waals surface area contributed by atoms with E-state index in [0.29, 0.717) is 16.6 Å². The number of likely N-dealkylation sites (N-methyl/N-ethyl adjacent to an activating group) is 1. The molecule has 0 bridgehead atoms. The Morgan fingerprint density at radius 1 is 1.33 bits per heavy atom. The van der Waals surface area contributed by atoms with Crippen LogP contribution in [0.2, 0.25) is 5.02 Å². The number of ketones is 1. The molecule has 1 saturated heterocycles. The SMILES string of the molecule is CN(C(=S)NCC[NH+]1CCOCC1)[C@@]1(c2ccccc2Cl)CCCCC1=O. The molecule has 0 spiro atoms. The van der Waals surface area contributed by atoms with Crippen LogP contribution < -0.4 is 10.2 Å². The number of halogens is 1. The highest BCUT2D eigenvalue weighted by molar-refractivity contribution is 7.80. The molecule has 2 N–H and O–H groups in total. The van der Waals surface area contributed by atoms with Crippen molar-refractivity contribution in [1.29, 1.82) is 0 Å². The van der Waals surface area contributed by atoms with E-state index in [2.05, 4.69) is 5.32 Å². The first-order valence-corrected chi connectivity index (χ1v) is 10.6. The number of quaternary nitrogens is 1. The predicted molar refractivity (Wildman–Crippen MR) is 111 cm³/mol. The zero-order chi connectivity index (χ0) is 19.3. The van der Waals surface area contributed by atoms with Gasteiger partial charge in [-0.05, 0) is 37.5 Å². The Balaban J connectivity index is 1.73. The van der Waals surface area contributed by atoms with E-state index >= 15 is 0 Å². The number of benzene rings is 1. The Kier molecular flexibility index (Phi) is 7.09. The van der Waals surface area contributed by atoms with Gasteiger partial charge in [0, 0.05) is 24.1 Å². The second kappa shape index (κ2) is 9.32. The van der Waals surface area contributed by atoms with Crippen molar-refractivity contribution in [2.45, 2.75) is 31.2 Å². The van der Waals surface area contributed by atoms with E-state index in [1.54, 1.807) is 0 Å². The van der Waals surface area contributed by atoms with Crippen LogP contribution >= 0.6 is 23.8 Å². The van der Waals surface area contributed by atoms with Crippen molar-refractivity contribution >= 4 is 34.7 Å². The van der Waals surface area contributed by atoms with Crippen molar-refractivity contribution in [2.24, 2.45) is 0 Å². The van der Waals surface area contributed by atoms with Crippen molar-refractivity contribution in [3.8, 4) is 0 Å². The average Bonchev–Trinajstić information content (AvgIpc) is 2.69. The van der Waals surface area contributed by atoms with Gasteiger partial charge < -0.3 is 19.9 Å². The normalized spacial score (nSPS) is 23.9. The number of carbonyl (C=O) groups is 1. The number of carbonyl (C=O) groups excluding carboxylic acids is 1. The zero-order valence-corrected chi connectivity index (χ0v) is 17.5. The summed E-state index contributed by atoms with van der Waals surface area (Å²) < 4.78 is 5.40. The van der Waals surface area contributed by atoms with Gasteiger partial charge in [0.25, 0.3) is 0 Å². The van der Waals surface area contributed by atoms with E-state index in [9.17, 15) is 4.79 Å². The standard InChI is InChI=1S/C20H28ClN3O2S/c1-23(19(27)22-10-11-24-12-14-26-15-13-24)20(9-5-4-8-18(20)25)16-6-2-3-7-17(16)21/h2-3,6-7H,4-5,8-15H2,1H3,(H,22,27)/p+1/t20-/m1/s1. The molecular formula is C20H29ClN3O2S+. The van der Waals surface area contributed by atoms with Crippen LogP contribution in [-0.2, 0) is 15.1 Å². The maximum atomic E-state index is 13.1. The molecular weight excluding hydrogens is 382 g/mol. The average molecular weight is 411 g/mol. The number of nitrogens with zero attached hydrogens (tertiary/aromatic N) is 1. The molecule has 27 heavy (non-hydrogen) atoms. The fourth-order valence-corrected chi connectivity index (χ4v) is 4.73. The second-order valence-corrected chi connectivity index (χ2v) is 8.17. The van der Waals surface area contributed by atoms with Gasteiger partial charge in [-0.25, -0.2) is 0 Å². The highest BCUT2D eigenvalue weighted by Crippen LogP contribution is 2.42. The lowest BCUT2D eigenvalue weighted by molar-refractivity contribution is -0.906. The van der Waals surface area contributed by atoms with Gasteiger partial charge >= 0.3 is 0 Å². The number of rotatable bonds is 5. The minimum Gasteiger partial charge on any atom is -0.370 e. The van der Waals surface area contributed by atoms with E-state index in [1.165, 1.54) is 4.90 Å². The van der Waals surface area contributed by atoms with Crippen molar-refractivity contribution < 1.29 is 14.4 Å². The molecule has 2 aliphatic rings. The summed E-state index contributed by atoms with van der Waals surface area (Å²) in [4.78, 5) is 16.6. The fourth-order valence-electron chi connectivity index (χ4n) is 4.18. The first-order valence-electron chi connectivity index (χ1n) is 9.77. The fraction of sp³-hybridized carbons (Fsp3) is 0.600. The Morgan fingerprint density at radius 3 is 2.78 bits per heavy atom. The molecule has 1 aliphatic heterocycles. The van der Waals surface area contributed by atoms with Gasteiger partial charge in [0.1, 0.15) is 18.6 Å². The van der Waals surface area contributed by atoms with Gasteiger partial charge in [0.15, 0.2) is 10.9 Å². The second-order valence-electron chi connectivity index (χ2n) is 7.37. The molecule has 1 saturated carbocycles. The smallest absolute Gasteiger partial charge is 0.169 e. The Hall–Kier alpha value is -1.21. The number of morpholine rings is 1. The highest BCUT2D eigenvalue weighted by atomic mass is 35.5. The predicted octanol–water partition coefficient (Wildman–Crippen LogP) is 1.40. The third kappa shape index (κ3) is 4.45. The van der Waals surface area contributed by atoms with Crippen LogP contribution in [0.25, 0.3) is 0 Å². The quantitative estimate of drug-likeness (QED) is 0.718. The van der Waals surface area contributed by atoms with Crippen LogP contribution in [0.1, 0.15) is 31.2 Å². The number of nitrogens with one attached hydrogen (secondary N) is 2. The number of ether oxygens (including phenoxy) is 1. The molecule has 1 heterocycles. The van der Waals surface area contributed by atoms with Gasteiger partial charge in [0.2, 0.25) is 0 Å². The molecule has 7 heteroatoms. The molecule has 0 aromatic heterocycles. The van der Waals surface area contributed by atoms with Crippen LogP contribution in [0.5, 0.6) is 0 Å². The molecule has 0 amide bonds. The molecule has 1 aromatic rings. The van der Waals surface area contributed by atoms with Crippen LogP contribution in [0.4, 0.5) is 0 Å². The summed E-state index contributed by atoms with van der Waals surface area (Å²) >= 11 is 12.2. The largest absolute Gasteiger partial charge is 0.370 e. The van der Waals surface area contributed by atoms with Gasteiger partial charge in [-0.2, -0.15) is 0 Å². The third-order valence-electron chi connectivity index (χ3n) is 5.81. The number of Topliss-reactive ketones (excluding diaryl/α,β-unsaturated/α-hetero) is 1. The summed E-state index contributed by atoms with van der Waals surface area (Å²) in [6, 6.07) is 7.65. The lowest BCUT2D eigenvalue weighted by atomic mass is 9.74. The van der Waals surface area contributed by atoms with Crippen molar-refractivity contribution in [2.75, 3.05) is 46.4 Å². The lowest BCUT2D eigenvalue weighted by Crippen LogP contribution is -3.14. The first kappa shape index (κ1) is 20.5.